The van der Waals surface area contributed by atoms with Crippen LogP contribution in [-0.2, 0) is 0 Å². The minimum Gasteiger partial charge on any atom is -0.0984 e. The van der Waals surface area contributed by atoms with Crippen molar-refractivity contribution in [2.24, 2.45) is 0 Å². The van der Waals surface area contributed by atoms with Crippen LogP contribution in [0.25, 0.3) is 60.8 Å². The van der Waals surface area contributed by atoms with E-state index in [2.05, 4.69) is 237 Å². The van der Waals surface area contributed by atoms with Crippen molar-refractivity contribution in [1.29, 1.82) is 0 Å². The van der Waals surface area contributed by atoms with Gasteiger partial charge in [-0.3, -0.25) is 0 Å². The van der Waals surface area contributed by atoms with E-state index in [1.54, 1.807) is 0 Å². The molecule has 58 heavy (non-hydrogen) atoms. The normalized spacial score (nSPS) is 13.0. The Labute approximate surface area is 356 Å². The lowest BCUT2D eigenvalue weighted by atomic mass is 10.0. The Morgan fingerprint density at radius 3 is 0.638 bits per heavy atom. The van der Waals surface area contributed by atoms with Crippen LogP contribution >= 0.6 is 0 Å². The Kier molecular flexibility index (Phi) is 13.9. The summed E-state index contributed by atoms with van der Waals surface area (Å²) < 4.78 is 0. The molecule has 0 aliphatic rings. The van der Waals surface area contributed by atoms with Crippen molar-refractivity contribution in [2.45, 2.75) is 78.6 Å². The molecule has 0 heterocycles. The first-order valence-corrected chi connectivity index (χ1v) is 34.8. The van der Waals surface area contributed by atoms with Gasteiger partial charge in [0.1, 0.15) is 0 Å². The highest BCUT2D eigenvalue weighted by Crippen LogP contribution is 2.23. The van der Waals surface area contributed by atoms with E-state index >= 15 is 0 Å². The smallest absolute Gasteiger partial charge is 0.0784 e. The van der Waals surface area contributed by atoms with E-state index in [4.69, 9.17) is 0 Å². The first-order valence-electron chi connectivity index (χ1n) is 20.8. The highest BCUT2D eigenvalue weighted by atomic mass is 28.3. The molecule has 0 bridgehead atoms. The summed E-state index contributed by atoms with van der Waals surface area (Å²) in [7, 11) is -6.81. The zero-order valence-electron chi connectivity index (χ0n) is 37.4. The predicted octanol–water partition coefficient (Wildman–Crippen LogP) is 13.8. The van der Waals surface area contributed by atoms with Crippen LogP contribution in [0.4, 0.5) is 0 Å². The molecule has 298 valence electrons. The Morgan fingerprint density at radius 1 is 0.276 bits per heavy atom. The summed E-state index contributed by atoms with van der Waals surface area (Å²) in [6.07, 6.45) is 22.6. The summed E-state index contributed by atoms with van der Waals surface area (Å²) in [5.74, 6) is 0. The van der Waals surface area contributed by atoms with E-state index in [9.17, 15) is 0 Å². The van der Waals surface area contributed by atoms with E-state index < -0.39 is 32.3 Å². The molecule has 0 nitrogen and oxygen atoms in total. The minimum absolute atomic E-state index is 1.16. The lowest BCUT2D eigenvalue weighted by Gasteiger charge is -2.27. The fraction of sp³-hybridized carbons (Fsp3) is 0.222. The van der Waals surface area contributed by atoms with E-state index in [-0.39, 0.29) is 0 Å². The maximum Gasteiger partial charge on any atom is 0.0784 e. The fourth-order valence-electron chi connectivity index (χ4n) is 7.65. The molecule has 0 saturated heterocycles. The second kappa shape index (κ2) is 18.1. The van der Waals surface area contributed by atoms with Crippen molar-refractivity contribution in [3.63, 3.8) is 0 Å². The second-order valence-corrected chi connectivity index (χ2v) is 39.8. The third kappa shape index (κ3) is 11.1. The summed E-state index contributed by atoms with van der Waals surface area (Å²) >= 11 is 0. The minimum atomic E-state index is -1.71. The first kappa shape index (κ1) is 44.5. The van der Waals surface area contributed by atoms with Crippen LogP contribution in [0.2, 0.25) is 78.6 Å². The van der Waals surface area contributed by atoms with Gasteiger partial charge in [-0.15, -0.1) is 0 Å². The standard InChI is InChI=1S/C54H66Si4/c1-15-41-23-17-19-25-43(41)29-33-47-37-53(57(9,10)11)49(39-51(47)55(3,4)5)35-31-45-27-21-22-28-46(45)32-36-50-40-52(56(6,7)8)48(38-54(50)58(12,13)14)34-30-44-26-20-18-24-42(44)16-2/h15-40H,1-2H2,3-14H3/b33-29+,34-30+,35-31+,36-32+. The van der Waals surface area contributed by atoms with Crippen LogP contribution in [0.1, 0.15) is 55.6 Å². The quantitative estimate of drug-likeness (QED) is 0.0773. The largest absolute Gasteiger partial charge is 0.0984 e. The van der Waals surface area contributed by atoms with Gasteiger partial charge in [0.2, 0.25) is 0 Å². The van der Waals surface area contributed by atoms with E-state index in [0.717, 1.165) is 11.1 Å². The fourth-order valence-corrected chi connectivity index (χ4v) is 14.1. The summed E-state index contributed by atoms with van der Waals surface area (Å²) in [5, 5.41) is 5.98. The molecule has 0 aliphatic carbocycles. The molecule has 0 fully saturated rings. The van der Waals surface area contributed by atoms with Gasteiger partial charge in [0.15, 0.2) is 0 Å². The van der Waals surface area contributed by atoms with Crippen LogP contribution in [0.5, 0.6) is 0 Å². The molecule has 5 aromatic rings. The van der Waals surface area contributed by atoms with Crippen molar-refractivity contribution < 1.29 is 0 Å². The van der Waals surface area contributed by atoms with Gasteiger partial charge in [0.25, 0.3) is 0 Å². The number of benzene rings is 5. The highest BCUT2D eigenvalue weighted by Gasteiger charge is 2.27. The van der Waals surface area contributed by atoms with Crippen molar-refractivity contribution >= 4 is 114 Å². The molecule has 0 unspecified atom stereocenters. The van der Waals surface area contributed by atoms with Crippen molar-refractivity contribution in [3.05, 3.63) is 166 Å². The average Bonchev–Trinajstić information content (AvgIpc) is 3.16. The van der Waals surface area contributed by atoms with E-state index in [1.807, 2.05) is 12.2 Å². The third-order valence-corrected chi connectivity index (χ3v) is 19.1. The number of hydrogen-bond donors (Lipinski definition) is 0. The average molecular weight is 827 g/mol. The summed E-state index contributed by atoms with van der Waals surface area (Å²) in [6, 6.07) is 36.0. The Hall–Kier alpha value is -4.59. The van der Waals surface area contributed by atoms with Crippen LogP contribution in [0, 0.1) is 0 Å². The summed E-state index contributed by atoms with van der Waals surface area (Å²) in [4.78, 5) is 0. The lowest BCUT2D eigenvalue weighted by molar-refractivity contribution is 1.59. The van der Waals surface area contributed by atoms with Crippen molar-refractivity contribution in [1.82, 2.24) is 0 Å². The van der Waals surface area contributed by atoms with Gasteiger partial charge in [-0.1, -0.05) is 270 Å². The Morgan fingerprint density at radius 2 is 0.448 bits per heavy atom. The number of hydrogen-bond acceptors (Lipinski definition) is 0. The number of rotatable bonds is 14. The first-order chi connectivity index (χ1) is 27.2. The van der Waals surface area contributed by atoms with Gasteiger partial charge in [-0.25, -0.2) is 0 Å². The SMILES string of the molecule is C=Cc1ccccc1/C=C/c1cc([Si](C)(C)C)c(/C=C/c2ccccc2/C=C/c2cc([Si](C)(C)C)c(/C=C/c3ccccc3C=C)cc2[Si](C)(C)C)cc1[Si](C)(C)C. The molecule has 0 aromatic heterocycles. The van der Waals surface area contributed by atoms with Crippen LogP contribution < -0.4 is 20.7 Å². The van der Waals surface area contributed by atoms with Gasteiger partial charge in [-0.05, 0) is 55.6 Å². The highest BCUT2D eigenvalue weighted by molar-refractivity contribution is 6.92. The molecular weight excluding hydrogens is 761 g/mol. The molecule has 0 N–H and O–H groups in total. The molecule has 0 amide bonds. The second-order valence-electron chi connectivity index (χ2n) is 19.7. The summed E-state index contributed by atoms with van der Waals surface area (Å²) in [5.41, 5.74) is 12.6. The van der Waals surface area contributed by atoms with Gasteiger partial charge < -0.3 is 0 Å². The van der Waals surface area contributed by atoms with Gasteiger partial charge in [0, 0.05) is 0 Å². The van der Waals surface area contributed by atoms with Gasteiger partial charge in [-0.2, -0.15) is 0 Å². The summed E-state index contributed by atoms with van der Waals surface area (Å²) in [6.45, 7) is 37.7. The topological polar surface area (TPSA) is 0 Å². The van der Waals surface area contributed by atoms with Gasteiger partial charge in [0.05, 0.1) is 32.3 Å². The zero-order valence-corrected chi connectivity index (χ0v) is 41.4. The molecule has 5 aromatic carbocycles. The molecule has 0 aliphatic heterocycles. The molecule has 0 saturated carbocycles. The molecule has 5 rings (SSSR count). The third-order valence-electron chi connectivity index (χ3n) is 10.9. The van der Waals surface area contributed by atoms with E-state index in [1.165, 1.54) is 65.3 Å². The molecular formula is C54H66Si4. The molecule has 4 heteroatoms. The van der Waals surface area contributed by atoms with Crippen LogP contribution in [0.15, 0.2) is 110 Å². The molecule has 0 radical (unpaired) electrons. The Balaban J connectivity index is 1.58. The maximum absolute atomic E-state index is 4.05. The van der Waals surface area contributed by atoms with Crippen molar-refractivity contribution in [2.75, 3.05) is 0 Å². The molecule has 0 atom stereocenters. The Bertz CT molecular complexity index is 2240. The van der Waals surface area contributed by atoms with Crippen LogP contribution in [-0.4, -0.2) is 32.3 Å². The van der Waals surface area contributed by atoms with Crippen molar-refractivity contribution in [3.8, 4) is 0 Å². The zero-order chi connectivity index (χ0) is 42.5. The van der Waals surface area contributed by atoms with Crippen LogP contribution in [0.3, 0.4) is 0 Å². The predicted molar refractivity (Wildman–Crippen MR) is 280 cm³/mol. The van der Waals surface area contributed by atoms with Gasteiger partial charge >= 0.3 is 0 Å². The lowest BCUT2D eigenvalue weighted by Crippen LogP contribution is -2.45. The van der Waals surface area contributed by atoms with E-state index in [0.29, 0.717) is 0 Å². The molecule has 0 spiro atoms. The monoisotopic (exact) mass is 826 g/mol. The maximum atomic E-state index is 4.05.